The SMILES string of the molecule is CCc1nc2ccccc2n1-c1nc(N2CCOCC2)c2nc(C(=O)N3CCC(N(C)C(C)=O)CC3)n(C)c2n1. The van der Waals surface area contributed by atoms with E-state index in [4.69, 9.17) is 24.7 Å². The van der Waals surface area contributed by atoms with E-state index in [1.54, 1.807) is 16.4 Å². The summed E-state index contributed by atoms with van der Waals surface area (Å²) in [6.07, 6.45) is 2.19. The Morgan fingerprint density at radius 1 is 1.02 bits per heavy atom. The zero-order valence-corrected chi connectivity index (χ0v) is 23.5. The maximum Gasteiger partial charge on any atom is 0.289 e. The number of ether oxygens (including phenoxy) is 1. The second kappa shape index (κ2) is 10.5. The number of aromatic nitrogens is 6. The van der Waals surface area contributed by atoms with Crippen molar-refractivity contribution in [3.05, 3.63) is 35.9 Å². The van der Waals surface area contributed by atoms with Crippen molar-refractivity contribution < 1.29 is 14.3 Å². The molecular formula is C28H35N9O3. The topological polar surface area (TPSA) is 115 Å². The number of para-hydroxylation sites is 2. The summed E-state index contributed by atoms with van der Waals surface area (Å²) in [5, 5.41) is 0. The van der Waals surface area contributed by atoms with E-state index in [1.165, 1.54) is 0 Å². The number of benzene rings is 1. The van der Waals surface area contributed by atoms with Crippen molar-refractivity contribution >= 4 is 39.8 Å². The molecular weight excluding hydrogens is 510 g/mol. The van der Waals surface area contributed by atoms with Crippen LogP contribution in [0.4, 0.5) is 5.82 Å². The first-order valence-electron chi connectivity index (χ1n) is 13.9. The summed E-state index contributed by atoms with van der Waals surface area (Å²) in [4.78, 5) is 51.0. The molecule has 2 aliphatic heterocycles. The number of imidazole rings is 2. The van der Waals surface area contributed by atoms with Crippen LogP contribution >= 0.6 is 0 Å². The number of fused-ring (bicyclic) bond motifs is 2. The molecule has 0 bridgehead atoms. The molecule has 5 heterocycles. The highest BCUT2D eigenvalue weighted by atomic mass is 16.5. The van der Waals surface area contributed by atoms with E-state index in [1.807, 2.05) is 47.8 Å². The van der Waals surface area contributed by atoms with E-state index in [0.29, 0.717) is 74.6 Å². The lowest BCUT2D eigenvalue weighted by Gasteiger charge is -2.36. The number of aryl methyl sites for hydroxylation is 2. The average Bonchev–Trinajstić information content (AvgIpc) is 3.54. The van der Waals surface area contributed by atoms with E-state index in [9.17, 15) is 9.59 Å². The summed E-state index contributed by atoms with van der Waals surface area (Å²) in [6, 6.07) is 8.11. The lowest BCUT2D eigenvalue weighted by Crippen LogP contribution is -2.47. The molecule has 12 heteroatoms. The van der Waals surface area contributed by atoms with Gasteiger partial charge in [-0.05, 0) is 25.0 Å². The van der Waals surface area contributed by atoms with Crippen molar-refractivity contribution in [2.24, 2.45) is 7.05 Å². The minimum absolute atomic E-state index is 0.0436. The van der Waals surface area contributed by atoms with Crippen LogP contribution in [-0.4, -0.2) is 103 Å². The maximum absolute atomic E-state index is 13.7. The minimum atomic E-state index is -0.138. The van der Waals surface area contributed by atoms with Gasteiger partial charge in [-0.1, -0.05) is 19.1 Å². The first-order chi connectivity index (χ1) is 19.4. The van der Waals surface area contributed by atoms with Crippen LogP contribution in [0.1, 0.15) is 43.1 Å². The summed E-state index contributed by atoms with van der Waals surface area (Å²) in [5.74, 6) is 2.31. The molecule has 2 fully saturated rings. The maximum atomic E-state index is 13.7. The lowest BCUT2D eigenvalue weighted by molar-refractivity contribution is -0.130. The molecule has 2 aliphatic rings. The van der Waals surface area contributed by atoms with Crippen molar-refractivity contribution in [1.29, 1.82) is 0 Å². The number of carbonyl (C=O) groups excluding carboxylic acids is 2. The highest BCUT2D eigenvalue weighted by Gasteiger charge is 2.31. The van der Waals surface area contributed by atoms with Gasteiger partial charge in [-0.3, -0.25) is 14.2 Å². The summed E-state index contributed by atoms with van der Waals surface area (Å²) >= 11 is 0. The molecule has 0 aliphatic carbocycles. The van der Waals surface area contributed by atoms with Gasteiger partial charge in [0.05, 0.1) is 24.2 Å². The molecule has 6 rings (SSSR count). The average molecular weight is 546 g/mol. The predicted molar refractivity (Wildman–Crippen MR) is 151 cm³/mol. The highest BCUT2D eigenvalue weighted by Crippen LogP contribution is 2.29. The fourth-order valence-corrected chi connectivity index (χ4v) is 5.71. The van der Waals surface area contributed by atoms with Crippen LogP contribution in [0.5, 0.6) is 0 Å². The van der Waals surface area contributed by atoms with Gasteiger partial charge in [-0.2, -0.15) is 9.97 Å². The molecule has 210 valence electrons. The largest absolute Gasteiger partial charge is 0.378 e. The van der Waals surface area contributed by atoms with Crippen molar-refractivity contribution in [3.63, 3.8) is 0 Å². The van der Waals surface area contributed by atoms with Crippen molar-refractivity contribution in [2.45, 2.75) is 39.2 Å². The van der Waals surface area contributed by atoms with Gasteiger partial charge < -0.3 is 24.0 Å². The fraction of sp³-hybridized carbons (Fsp3) is 0.500. The molecule has 0 radical (unpaired) electrons. The Morgan fingerprint density at radius 2 is 1.75 bits per heavy atom. The van der Waals surface area contributed by atoms with Gasteiger partial charge in [0.2, 0.25) is 17.7 Å². The van der Waals surface area contributed by atoms with E-state index in [0.717, 1.165) is 29.7 Å². The Balaban J connectivity index is 1.43. The van der Waals surface area contributed by atoms with Crippen LogP contribution in [0.2, 0.25) is 0 Å². The molecule has 0 unspecified atom stereocenters. The van der Waals surface area contributed by atoms with Crippen LogP contribution < -0.4 is 4.90 Å². The molecule has 2 saturated heterocycles. The number of likely N-dealkylation sites (tertiary alicyclic amines) is 1. The van der Waals surface area contributed by atoms with Crippen molar-refractivity contribution in [2.75, 3.05) is 51.3 Å². The second-order valence-electron chi connectivity index (χ2n) is 10.5. The minimum Gasteiger partial charge on any atom is -0.378 e. The predicted octanol–water partition coefficient (Wildman–Crippen LogP) is 2.18. The summed E-state index contributed by atoms with van der Waals surface area (Å²) in [5.41, 5.74) is 3.02. The van der Waals surface area contributed by atoms with Crippen LogP contribution in [-0.2, 0) is 23.0 Å². The smallest absolute Gasteiger partial charge is 0.289 e. The third-order valence-corrected chi connectivity index (χ3v) is 8.13. The number of hydrogen-bond acceptors (Lipinski definition) is 8. The zero-order valence-electron chi connectivity index (χ0n) is 23.5. The van der Waals surface area contributed by atoms with Gasteiger partial charge in [-0.25, -0.2) is 9.97 Å². The molecule has 0 N–H and O–H groups in total. The molecule has 1 aromatic carbocycles. The van der Waals surface area contributed by atoms with Crippen LogP contribution in [0, 0.1) is 0 Å². The third kappa shape index (κ3) is 4.45. The number of amides is 2. The highest BCUT2D eigenvalue weighted by molar-refractivity contribution is 5.96. The van der Waals surface area contributed by atoms with Gasteiger partial charge >= 0.3 is 0 Å². The summed E-state index contributed by atoms with van der Waals surface area (Å²) in [7, 11) is 3.66. The number of piperidine rings is 1. The third-order valence-electron chi connectivity index (χ3n) is 8.13. The molecule has 0 spiro atoms. The first-order valence-corrected chi connectivity index (χ1v) is 13.9. The Hall–Kier alpha value is -4.06. The van der Waals surface area contributed by atoms with Gasteiger partial charge in [0.1, 0.15) is 5.82 Å². The zero-order chi connectivity index (χ0) is 28.0. The van der Waals surface area contributed by atoms with Crippen molar-refractivity contribution in [3.8, 4) is 5.95 Å². The number of carbonyl (C=O) groups is 2. The molecule has 2 amide bonds. The van der Waals surface area contributed by atoms with E-state index in [2.05, 4.69) is 11.8 Å². The standard InChI is InChI=1S/C28H35N9O3/c1-5-22-29-20-8-6-7-9-21(20)37(22)28-31-24-23(25(32-28)35-14-16-40-17-15-35)30-26(34(24)4)27(39)36-12-10-19(11-13-36)33(3)18(2)38/h6-9,19H,5,10-17H2,1-4H3. The van der Waals surface area contributed by atoms with Crippen LogP contribution in [0.25, 0.3) is 28.1 Å². The molecule has 0 saturated carbocycles. The van der Waals surface area contributed by atoms with E-state index in [-0.39, 0.29) is 17.9 Å². The van der Waals surface area contributed by atoms with Gasteiger partial charge in [0.15, 0.2) is 17.0 Å². The number of hydrogen-bond donors (Lipinski definition) is 0. The number of rotatable bonds is 5. The van der Waals surface area contributed by atoms with Gasteiger partial charge in [-0.15, -0.1) is 0 Å². The Kier molecular flexibility index (Phi) is 6.87. The number of anilines is 1. The molecule has 40 heavy (non-hydrogen) atoms. The molecule has 0 atom stereocenters. The number of morpholine rings is 1. The second-order valence-corrected chi connectivity index (χ2v) is 10.5. The van der Waals surface area contributed by atoms with Gasteiger partial charge in [0.25, 0.3) is 5.91 Å². The van der Waals surface area contributed by atoms with Crippen LogP contribution in [0.3, 0.4) is 0 Å². The Morgan fingerprint density at radius 3 is 2.45 bits per heavy atom. The van der Waals surface area contributed by atoms with Crippen LogP contribution in [0.15, 0.2) is 24.3 Å². The normalized spacial score (nSPS) is 16.7. The molecule has 3 aromatic heterocycles. The fourth-order valence-electron chi connectivity index (χ4n) is 5.71. The first kappa shape index (κ1) is 26.2. The summed E-state index contributed by atoms with van der Waals surface area (Å²) in [6.45, 7) is 7.32. The van der Waals surface area contributed by atoms with Gasteiger partial charge in [0, 0.05) is 59.7 Å². The number of nitrogens with zero attached hydrogens (tertiary/aromatic N) is 9. The lowest BCUT2D eigenvalue weighted by atomic mass is 10.0. The van der Waals surface area contributed by atoms with E-state index < -0.39 is 0 Å². The quantitative estimate of drug-likeness (QED) is 0.375. The monoisotopic (exact) mass is 545 g/mol. The van der Waals surface area contributed by atoms with Crippen molar-refractivity contribution in [1.82, 2.24) is 38.9 Å². The Bertz CT molecular complexity index is 1580. The van der Waals surface area contributed by atoms with E-state index >= 15 is 0 Å². The molecule has 12 nitrogen and oxygen atoms in total. The Labute approximate surface area is 232 Å². The molecule has 4 aromatic rings. The summed E-state index contributed by atoms with van der Waals surface area (Å²) < 4.78 is 9.39.